The van der Waals surface area contributed by atoms with Crippen LogP contribution in [0.15, 0.2) is 45.2 Å². The van der Waals surface area contributed by atoms with Crippen LogP contribution in [0.2, 0.25) is 0 Å². The van der Waals surface area contributed by atoms with Gasteiger partial charge in [0.25, 0.3) is 0 Å². The maximum atomic E-state index is 4.15. The first-order valence-electron chi connectivity index (χ1n) is 3.72. The second kappa shape index (κ2) is 3.54. The van der Waals surface area contributed by atoms with Crippen molar-refractivity contribution in [2.75, 3.05) is 0 Å². The van der Waals surface area contributed by atoms with Crippen LogP contribution in [0.3, 0.4) is 0 Å². The van der Waals surface area contributed by atoms with Crippen molar-refractivity contribution in [3.8, 4) is 0 Å². The maximum absolute atomic E-state index is 4.15. The molecule has 0 unspecified atom stereocenters. The lowest BCUT2D eigenvalue weighted by molar-refractivity contribution is 1.02. The Hall–Kier alpha value is -1.09. The molecule has 12 heavy (non-hydrogen) atoms. The number of benzene rings is 1. The van der Waals surface area contributed by atoms with E-state index in [9.17, 15) is 0 Å². The smallest absolute Gasteiger partial charge is 0.190 e. The van der Waals surface area contributed by atoms with Crippen LogP contribution in [-0.4, -0.2) is 17.9 Å². The van der Waals surface area contributed by atoms with E-state index in [2.05, 4.69) is 22.1 Å². The second-order valence-corrected chi connectivity index (χ2v) is 3.48. The van der Waals surface area contributed by atoms with Crippen LogP contribution in [0, 0.1) is 0 Å². The van der Waals surface area contributed by atoms with Crippen LogP contribution in [0.5, 0.6) is 0 Å². The SMILES string of the molecule is C1=NC(Sc2ccccc2)N=C1. The quantitative estimate of drug-likeness (QED) is 0.678. The Kier molecular flexibility index (Phi) is 2.23. The zero-order chi connectivity index (χ0) is 8.23. The molecule has 0 spiro atoms. The summed E-state index contributed by atoms with van der Waals surface area (Å²) in [5, 5.41) is 0. The molecule has 0 bridgehead atoms. The Morgan fingerprint density at radius 3 is 2.33 bits per heavy atom. The van der Waals surface area contributed by atoms with Gasteiger partial charge in [0.05, 0.1) is 0 Å². The van der Waals surface area contributed by atoms with Gasteiger partial charge in [-0.05, 0) is 12.1 Å². The summed E-state index contributed by atoms with van der Waals surface area (Å²) in [6.07, 6.45) is 3.47. The van der Waals surface area contributed by atoms with E-state index in [1.54, 1.807) is 24.2 Å². The molecule has 1 aromatic carbocycles. The number of thioether (sulfide) groups is 1. The summed E-state index contributed by atoms with van der Waals surface area (Å²) in [7, 11) is 0. The molecule has 0 N–H and O–H groups in total. The lowest BCUT2D eigenvalue weighted by atomic mass is 10.4. The summed E-state index contributed by atoms with van der Waals surface area (Å²) in [4.78, 5) is 9.50. The van der Waals surface area contributed by atoms with E-state index in [1.165, 1.54) is 4.90 Å². The van der Waals surface area contributed by atoms with Crippen LogP contribution < -0.4 is 0 Å². The molecule has 0 fully saturated rings. The molecule has 0 saturated heterocycles. The molecule has 0 aromatic heterocycles. The van der Waals surface area contributed by atoms with Crippen LogP contribution in [-0.2, 0) is 0 Å². The maximum Gasteiger partial charge on any atom is 0.190 e. The minimum Gasteiger partial charge on any atom is -0.254 e. The topological polar surface area (TPSA) is 24.7 Å². The summed E-state index contributed by atoms with van der Waals surface area (Å²) in [6, 6.07) is 10.2. The minimum atomic E-state index is 0.0346. The molecule has 0 amide bonds. The fourth-order valence-electron chi connectivity index (χ4n) is 0.944. The van der Waals surface area contributed by atoms with Gasteiger partial charge in [-0.15, -0.1) is 0 Å². The average molecular weight is 176 g/mol. The molecule has 0 atom stereocenters. The highest BCUT2D eigenvalue weighted by molar-refractivity contribution is 8.00. The lowest BCUT2D eigenvalue weighted by Crippen LogP contribution is -1.87. The van der Waals surface area contributed by atoms with Gasteiger partial charge in [-0.2, -0.15) is 0 Å². The minimum absolute atomic E-state index is 0.0346. The standard InChI is InChI=1S/C9H8N2S/c1-2-4-8(5-3-1)12-9-10-6-7-11-9/h1-7,9H. The van der Waals surface area contributed by atoms with E-state index >= 15 is 0 Å². The fraction of sp³-hybridized carbons (Fsp3) is 0.111. The monoisotopic (exact) mass is 176 g/mol. The first kappa shape index (κ1) is 7.55. The number of aliphatic imine (C=N–C) groups is 2. The van der Waals surface area contributed by atoms with Crippen LogP contribution in [0.4, 0.5) is 0 Å². The fourth-order valence-corrected chi connectivity index (χ4v) is 1.76. The number of hydrogen-bond acceptors (Lipinski definition) is 3. The molecule has 2 nitrogen and oxygen atoms in total. The van der Waals surface area contributed by atoms with Crippen molar-refractivity contribution in [1.29, 1.82) is 0 Å². The zero-order valence-corrected chi connectivity index (χ0v) is 7.24. The molecule has 0 aliphatic carbocycles. The van der Waals surface area contributed by atoms with Crippen molar-refractivity contribution >= 4 is 24.2 Å². The van der Waals surface area contributed by atoms with Crippen LogP contribution >= 0.6 is 11.8 Å². The van der Waals surface area contributed by atoms with E-state index in [1.807, 2.05) is 18.2 Å². The lowest BCUT2D eigenvalue weighted by Gasteiger charge is -2.02. The van der Waals surface area contributed by atoms with Crippen molar-refractivity contribution in [2.24, 2.45) is 9.98 Å². The van der Waals surface area contributed by atoms with E-state index in [4.69, 9.17) is 0 Å². The van der Waals surface area contributed by atoms with Crippen LogP contribution in [0.1, 0.15) is 0 Å². The normalized spacial score (nSPS) is 15.7. The van der Waals surface area contributed by atoms with Crippen molar-refractivity contribution in [1.82, 2.24) is 0 Å². The molecule has 1 heterocycles. The Morgan fingerprint density at radius 2 is 1.67 bits per heavy atom. The van der Waals surface area contributed by atoms with Crippen molar-refractivity contribution in [3.05, 3.63) is 30.3 Å². The molecule has 0 saturated carbocycles. The summed E-state index contributed by atoms with van der Waals surface area (Å²) in [5.74, 6) is 0. The Morgan fingerprint density at radius 1 is 1.00 bits per heavy atom. The van der Waals surface area contributed by atoms with Gasteiger partial charge in [-0.1, -0.05) is 30.0 Å². The second-order valence-electron chi connectivity index (χ2n) is 2.35. The van der Waals surface area contributed by atoms with Gasteiger partial charge in [-0.3, -0.25) is 9.98 Å². The van der Waals surface area contributed by atoms with Gasteiger partial charge in [0, 0.05) is 17.3 Å². The highest BCUT2D eigenvalue weighted by Gasteiger charge is 2.06. The number of rotatable bonds is 2. The van der Waals surface area contributed by atoms with Crippen molar-refractivity contribution in [3.63, 3.8) is 0 Å². The predicted molar refractivity (Wildman–Crippen MR) is 53.1 cm³/mol. The molecule has 3 heteroatoms. The number of nitrogens with zero attached hydrogens (tertiary/aromatic N) is 2. The molecule has 1 aromatic rings. The molecule has 60 valence electrons. The van der Waals surface area contributed by atoms with Crippen molar-refractivity contribution < 1.29 is 0 Å². The third-order valence-corrected chi connectivity index (χ3v) is 2.48. The molecular formula is C9H8N2S. The van der Waals surface area contributed by atoms with E-state index in [0.717, 1.165) is 0 Å². The summed E-state index contributed by atoms with van der Waals surface area (Å²) < 4.78 is 0. The highest BCUT2D eigenvalue weighted by Crippen LogP contribution is 2.25. The third-order valence-electron chi connectivity index (χ3n) is 1.48. The van der Waals surface area contributed by atoms with Crippen LogP contribution in [0.25, 0.3) is 0 Å². The average Bonchev–Trinajstić information content (AvgIpc) is 2.59. The molecule has 1 aliphatic rings. The Bertz CT molecular complexity index is 294. The van der Waals surface area contributed by atoms with Gasteiger partial charge < -0.3 is 0 Å². The summed E-state index contributed by atoms with van der Waals surface area (Å²) in [6.45, 7) is 0. The molecule has 2 rings (SSSR count). The van der Waals surface area contributed by atoms with Crippen molar-refractivity contribution in [2.45, 2.75) is 10.4 Å². The van der Waals surface area contributed by atoms with E-state index in [-0.39, 0.29) is 5.50 Å². The highest BCUT2D eigenvalue weighted by atomic mass is 32.2. The Labute approximate surface area is 75.4 Å². The van der Waals surface area contributed by atoms with Gasteiger partial charge >= 0.3 is 0 Å². The summed E-state index contributed by atoms with van der Waals surface area (Å²) >= 11 is 1.66. The van der Waals surface area contributed by atoms with Gasteiger partial charge in [0.1, 0.15) is 0 Å². The Balaban J connectivity index is 2.04. The van der Waals surface area contributed by atoms with E-state index in [0.29, 0.717) is 0 Å². The first-order chi connectivity index (χ1) is 5.95. The molecular weight excluding hydrogens is 168 g/mol. The van der Waals surface area contributed by atoms with Gasteiger partial charge in [0.15, 0.2) is 5.50 Å². The number of hydrogen-bond donors (Lipinski definition) is 0. The first-order valence-corrected chi connectivity index (χ1v) is 4.60. The van der Waals surface area contributed by atoms with Gasteiger partial charge in [0.2, 0.25) is 0 Å². The third kappa shape index (κ3) is 1.74. The largest absolute Gasteiger partial charge is 0.254 e. The predicted octanol–water partition coefficient (Wildman–Crippen LogP) is 2.22. The van der Waals surface area contributed by atoms with E-state index < -0.39 is 0 Å². The molecule has 1 aliphatic heterocycles. The summed E-state index contributed by atoms with van der Waals surface area (Å²) in [5.41, 5.74) is 0.0346. The molecule has 0 radical (unpaired) electrons. The van der Waals surface area contributed by atoms with Gasteiger partial charge in [-0.25, -0.2) is 0 Å². The zero-order valence-electron chi connectivity index (χ0n) is 6.42.